The van der Waals surface area contributed by atoms with Crippen molar-refractivity contribution < 1.29 is 4.79 Å². The predicted molar refractivity (Wildman–Crippen MR) is 62.4 cm³/mol. The van der Waals surface area contributed by atoms with E-state index in [0.717, 1.165) is 19.0 Å². The van der Waals surface area contributed by atoms with Crippen molar-refractivity contribution in [1.82, 2.24) is 4.90 Å². The lowest BCUT2D eigenvalue weighted by Gasteiger charge is -2.20. The van der Waals surface area contributed by atoms with Gasteiger partial charge in [-0.25, -0.2) is 0 Å². The van der Waals surface area contributed by atoms with Crippen LogP contribution in [0.1, 0.15) is 33.6 Å². The van der Waals surface area contributed by atoms with Crippen molar-refractivity contribution in [3.8, 4) is 0 Å². The van der Waals surface area contributed by atoms with E-state index >= 15 is 0 Å². The van der Waals surface area contributed by atoms with Crippen molar-refractivity contribution in [3.63, 3.8) is 0 Å². The van der Waals surface area contributed by atoms with Gasteiger partial charge in [0, 0.05) is 25.6 Å². The second kappa shape index (κ2) is 5.50. The molecule has 0 saturated carbocycles. The van der Waals surface area contributed by atoms with Gasteiger partial charge < -0.3 is 10.6 Å². The summed E-state index contributed by atoms with van der Waals surface area (Å²) in [4.78, 5) is 13.8. The zero-order valence-corrected chi connectivity index (χ0v) is 10.2. The third-order valence-corrected chi connectivity index (χ3v) is 3.18. The van der Waals surface area contributed by atoms with Crippen LogP contribution in [0.15, 0.2) is 0 Å². The molecule has 1 rings (SSSR count). The fourth-order valence-electron chi connectivity index (χ4n) is 2.30. The van der Waals surface area contributed by atoms with Gasteiger partial charge in [0.1, 0.15) is 0 Å². The third-order valence-electron chi connectivity index (χ3n) is 3.18. The molecule has 1 amide bonds. The Morgan fingerprint density at radius 2 is 2.13 bits per heavy atom. The molecule has 3 heteroatoms. The van der Waals surface area contributed by atoms with Crippen LogP contribution in [0.4, 0.5) is 0 Å². The number of rotatable bonds is 4. The highest BCUT2D eigenvalue weighted by Gasteiger charge is 2.28. The second-order valence-electron chi connectivity index (χ2n) is 5.21. The number of carbonyl (C=O) groups is 1. The Morgan fingerprint density at radius 3 is 2.67 bits per heavy atom. The van der Waals surface area contributed by atoms with Gasteiger partial charge >= 0.3 is 0 Å². The molecule has 88 valence electrons. The van der Waals surface area contributed by atoms with Crippen molar-refractivity contribution >= 4 is 5.91 Å². The lowest BCUT2D eigenvalue weighted by atomic mass is 9.97. The Morgan fingerprint density at radius 1 is 1.47 bits per heavy atom. The van der Waals surface area contributed by atoms with E-state index in [4.69, 9.17) is 5.73 Å². The quantitative estimate of drug-likeness (QED) is 0.767. The predicted octanol–water partition coefficient (Wildman–Crippen LogP) is 1.48. The molecule has 2 atom stereocenters. The smallest absolute Gasteiger partial charge is 0.226 e. The van der Waals surface area contributed by atoms with E-state index < -0.39 is 0 Å². The highest BCUT2D eigenvalue weighted by Crippen LogP contribution is 2.24. The number of hydrogen-bond acceptors (Lipinski definition) is 2. The molecule has 2 N–H and O–H groups in total. The lowest BCUT2D eigenvalue weighted by Crippen LogP contribution is -2.36. The Labute approximate surface area is 93.0 Å². The largest absolute Gasteiger partial charge is 0.342 e. The molecule has 0 aromatic rings. The molecule has 0 aromatic carbocycles. The van der Waals surface area contributed by atoms with Crippen LogP contribution < -0.4 is 5.73 Å². The van der Waals surface area contributed by atoms with Gasteiger partial charge in [-0.2, -0.15) is 0 Å². The first-order valence-electron chi connectivity index (χ1n) is 6.03. The third kappa shape index (κ3) is 3.49. The molecular formula is C12H24N2O. The van der Waals surface area contributed by atoms with Crippen molar-refractivity contribution in [2.24, 2.45) is 23.5 Å². The van der Waals surface area contributed by atoms with Gasteiger partial charge in [0.15, 0.2) is 0 Å². The van der Waals surface area contributed by atoms with Gasteiger partial charge in [0.2, 0.25) is 5.91 Å². The summed E-state index contributed by atoms with van der Waals surface area (Å²) in [5.41, 5.74) is 5.51. The molecule has 15 heavy (non-hydrogen) atoms. The van der Waals surface area contributed by atoms with Crippen LogP contribution in [0.5, 0.6) is 0 Å². The fraction of sp³-hybridized carbons (Fsp3) is 0.917. The molecular weight excluding hydrogens is 188 g/mol. The van der Waals surface area contributed by atoms with E-state index in [9.17, 15) is 4.79 Å². The molecule has 1 aliphatic heterocycles. The molecule has 0 radical (unpaired) electrons. The second-order valence-corrected chi connectivity index (χ2v) is 5.21. The fourth-order valence-corrected chi connectivity index (χ4v) is 2.30. The Hall–Kier alpha value is -0.570. The molecule has 2 unspecified atom stereocenters. The van der Waals surface area contributed by atoms with E-state index in [1.807, 2.05) is 11.8 Å². The summed E-state index contributed by atoms with van der Waals surface area (Å²) in [5.74, 6) is 1.67. The average molecular weight is 212 g/mol. The summed E-state index contributed by atoms with van der Waals surface area (Å²) in [6, 6.07) is 0. The first-order chi connectivity index (χ1) is 7.04. The van der Waals surface area contributed by atoms with Gasteiger partial charge in [0.05, 0.1) is 0 Å². The number of amides is 1. The molecule has 1 saturated heterocycles. The minimum atomic E-state index is -0.0113. The summed E-state index contributed by atoms with van der Waals surface area (Å²) in [6.07, 6.45) is 2.40. The van der Waals surface area contributed by atoms with Crippen LogP contribution in [0.2, 0.25) is 0 Å². The van der Waals surface area contributed by atoms with Crippen LogP contribution in [0, 0.1) is 17.8 Å². The number of hydrogen-bond donors (Lipinski definition) is 1. The number of nitrogens with zero attached hydrogens (tertiary/aromatic N) is 1. The van der Waals surface area contributed by atoms with E-state index in [1.165, 1.54) is 12.8 Å². The Bertz CT molecular complexity index is 216. The van der Waals surface area contributed by atoms with Gasteiger partial charge in [0.25, 0.3) is 0 Å². The molecule has 0 bridgehead atoms. The minimum Gasteiger partial charge on any atom is -0.342 e. The molecule has 1 aliphatic rings. The number of carbonyl (C=O) groups excluding carboxylic acids is 1. The molecule has 0 aliphatic carbocycles. The van der Waals surface area contributed by atoms with E-state index in [-0.39, 0.29) is 11.8 Å². The Kier molecular flexibility index (Phi) is 4.58. The summed E-state index contributed by atoms with van der Waals surface area (Å²) in [5, 5.41) is 0. The van der Waals surface area contributed by atoms with Crippen LogP contribution in [0.3, 0.4) is 0 Å². The van der Waals surface area contributed by atoms with E-state index in [1.54, 1.807) is 0 Å². The maximum absolute atomic E-state index is 11.9. The first-order valence-corrected chi connectivity index (χ1v) is 6.03. The highest BCUT2D eigenvalue weighted by atomic mass is 16.2. The topological polar surface area (TPSA) is 46.3 Å². The van der Waals surface area contributed by atoms with E-state index in [0.29, 0.717) is 12.5 Å². The SMILES string of the molecule is CC(C)CC1CCN(C(=O)C(C)CN)C1. The van der Waals surface area contributed by atoms with Crippen LogP contribution in [-0.4, -0.2) is 30.4 Å². The van der Waals surface area contributed by atoms with E-state index in [2.05, 4.69) is 13.8 Å². The molecule has 0 spiro atoms. The molecule has 1 fully saturated rings. The zero-order valence-electron chi connectivity index (χ0n) is 10.2. The van der Waals surface area contributed by atoms with Crippen LogP contribution in [-0.2, 0) is 4.79 Å². The summed E-state index contributed by atoms with van der Waals surface area (Å²) in [6.45, 7) is 8.74. The number of nitrogens with two attached hydrogens (primary N) is 1. The van der Waals surface area contributed by atoms with Crippen LogP contribution in [0.25, 0.3) is 0 Å². The average Bonchev–Trinajstić information content (AvgIpc) is 2.63. The molecule has 3 nitrogen and oxygen atoms in total. The Balaban J connectivity index is 2.39. The monoisotopic (exact) mass is 212 g/mol. The van der Waals surface area contributed by atoms with Gasteiger partial charge in [-0.3, -0.25) is 4.79 Å². The standard InChI is InChI=1S/C12H24N2O/c1-9(2)6-11-4-5-14(8-11)12(15)10(3)7-13/h9-11H,4-8,13H2,1-3H3. The maximum atomic E-state index is 11.9. The normalized spacial score (nSPS) is 23.5. The van der Waals surface area contributed by atoms with Gasteiger partial charge in [-0.15, -0.1) is 0 Å². The van der Waals surface area contributed by atoms with Crippen molar-refractivity contribution in [2.75, 3.05) is 19.6 Å². The summed E-state index contributed by atoms with van der Waals surface area (Å²) >= 11 is 0. The van der Waals surface area contributed by atoms with Gasteiger partial charge in [-0.05, 0) is 24.7 Å². The first kappa shape index (κ1) is 12.5. The summed E-state index contributed by atoms with van der Waals surface area (Å²) in [7, 11) is 0. The van der Waals surface area contributed by atoms with Crippen LogP contribution >= 0.6 is 0 Å². The zero-order chi connectivity index (χ0) is 11.4. The maximum Gasteiger partial charge on any atom is 0.226 e. The highest BCUT2D eigenvalue weighted by molar-refractivity contribution is 5.78. The lowest BCUT2D eigenvalue weighted by molar-refractivity contribution is -0.133. The minimum absolute atomic E-state index is 0.0113. The molecule has 1 heterocycles. The summed E-state index contributed by atoms with van der Waals surface area (Å²) < 4.78 is 0. The van der Waals surface area contributed by atoms with Crippen molar-refractivity contribution in [2.45, 2.75) is 33.6 Å². The van der Waals surface area contributed by atoms with Crippen molar-refractivity contribution in [3.05, 3.63) is 0 Å². The number of likely N-dealkylation sites (tertiary alicyclic amines) is 1. The van der Waals surface area contributed by atoms with Gasteiger partial charge in [-0.1, -0.05) is 20.8 Å². The molecule has 0 aromatic heterocycles. The van der Waals surface area contributed by atoms with Crippen molar-refractivity contribution in [1.29, 1.82) is 0 Å².